The fourth-order valence-electron chi connectivity index (χ4n) is 1.95. The molecule has 0 atom stereocenters. The van der Waals surface area contributed by atoms with Crippen molar-refractivity contribution in [2.24, 2.45) is 0 Å². The summed E-state index contributed by atoms with van der Waals surface area (Å²) in [4.78, 5) is 4.24. The maximum atomic E-state index is 12.5. The molecule has 0 amide bonds. The molecule has 2 rings (SSSR count). The standard InChI is InChI=1S/C14H16F3N3S/c1-10(2)20-9-18-7-11(20)8-19-12-5-3-4-6-13(12)21-14(15,16)17/h3-7,9-10,19H,8H2,1-2H3. The van der Waals surface area contributed by atoms with Gasteiger partial charge in [-0.25, -0.2) is 4.98 Å². The second-order valence-electron chi connectivity index (χ2n) is 4.78. The van der Waals surface area contributed by atoms with Gasteiger partial charge in [0.15, 0.2) is 0 Å². The fraction of sp³-hybridized carbons (Fsp3) is 0.357. The molecule has 0 aliphatic heterocycles. The lowest BCUT2D eigenvalue weighted by Crippen LogP contribution is -2.09. The number of anilines is 1. The predicted octanol–water partition coefficient (Wildman–Crippen LogP) is 4.69. The topological polar surface area (TPSA) is 29.9 Å². The van der Waals surface area contributed by atoms with Crippen molar-refractivity contribution in [1.82, 2.24) is 9.55 Å². The zero-order chi connectivity index (χ0) is 15.5. The van der Waals surface area contributed by atoms with Crippen LogP contribution >= 0.6 is 11.8 Å². The van der Waals surface area contributed by atoms with Crippen LogP contribution in [0.1, 0.15) is 25.6 Å². The number of halogens is 3. The van der Waals surface area contributed by atoms with E-state index in [-0.39, 0.29) is 22.7 Å². The zero-order valence-corrected chi connectivity index (χ0v) is 12.5. The summed E-state index contributed by atoms with van der Waals surface area (Å²) in [5.41, 5.74) is -2.90. The quantitative estimate of drug-likeness (QED) is 0.812. The minimum absolute atomic E-state index is 0.110. The molecule has 0 unspecified atom stereocenters. The third-order valence-corrected chi connectivity index (χ3v) is 3.68. The lowest BCUT2D eigenvalue weighted by Gasteiger charge is -2.15. The molecule has 2 aromatic rings. The van der Waals surface area contributed by atoms with Crippen molar-refractivity contribution < 1.29 is 13.2 Å². The Labute approximate surface area is 125 Å². The Morgan fingerprint density at radius 3 is 2.67 bits per heavy atom. The van der Waals surface area contributed by atoms with Gasteiger partial charge in [-0.3, -0.25) is 0 Å². The second kappa shape index (κ2) is 6.43. The Kier molecular flexibility index (Phi) is 4.82. The number of imidazole rings is 1. The van der Waals surface area contributed by atoms with Gasteiger partial charge in [0, 0.05) is 22.8 Å². The van der Waals surface area contributed by atoms with E-state index < -0.39 is 5.51 Å². The number of thioether (sulfide) groups is 1. The summed E-state index contributed by atoms with van der Waals surface area (Å²) >= 11 is -0.110. The highest BCUT2D eigenvalue weighted by atomic mass is 32.2. The molecular weight excluding hydrogens is 299 g/mol. The number of alkyl halides is 3. The number of para-hydroxylation sites is 1. The zero-order valence-electron chi connectivity index (χ0n) is 11.7. The van der Waals surface area contributed by atoms with Gasteiger partial charge in [0.1, 0.15) is 0 Å². The molecule has 1 aromatic heterocycles. The van der Waals surface area contributed by atoms with Crippen LogP contribution in [0.2, 0.25) is 0 Å². The molecule has 1 N–H and O–H groups in total. The number of hydrogen-bond donors (Lipinski definition) is 1. The van der Waals surface area contributed by atoms with Crippen LogP contribution in [0.4, 0.5) is 18.9 Å². The third-order valence-electron chi connectivity index (χ3n) is 2.88. The number of nitrogens with zero attached hydrogens (tertiary/aromatic N) is 2. The highest BCUT2D eigenvalue weighted by Gasteiger charge is 2.30. The molecule has 0 bridgehead atoms. The molecule has 0 fully saturated rings. The monoisotopic (exact) mass is 315 g/mol. The van der Waals surface area contributed by atoms with Crippen LogP contribution in [0.15, 0.2) is 41.7 Å². The first-order valence-electron chi connectivity index (χ1n) is 6.46. The Bertz CT molecular complexity index is 593. The molecule has 7 heteroatoms. The molecule has 3 nitrogen and oxygen atoms in total. The Morgan fingerprint density at radius 1 is 1.29 bits per heavy atom. The van der Waals surface area contributed by atoms with Crippen molar-refractivity contribution in [3.05, 3.63) is 42.5 Å². The van der Waals surface area contributed by atoms with Gasteiger partial charge in [-0.2, -0.15) is 13.2 Å². The van der Waals surface area contributed by atoms with Crippen molar-refractivity contribution in [2.75, 3.05) is 5.32 Å². The summed E-state index contributed by atoms with van der Waals surface area (Å²) in [6.45, 7) is 4.48. The van der Waals surface area contributed by atoms with E-state index in [0.29, 0.717) is 12.2 Å². The lowest BCUT2D eigenvalue weighted by atomic mass is 10.3. The van der Waals surface area contributed by atoms with E-state index in [1.54, 1.807) is 30.7 Å². The van der Waals surface area contributed by atoms with Crippen molar-refractivity contribution in [3.63, 3.8) is 0 Å². The number of aromatic nitrogens is 2. The van der Waals surface area contributed by atoms with Crippen LogP contribution in [-0.4, -0.2) is 15.1 Å². The second-order valence-corrected chi connectivity index (χ2v) is 5.89. The number of hydrogen-bond acceptors (Lipinski definition) is 3. The van der Waals surface area contributed by atoms with E-state index in [0.717, 1.165) is 5.69 Å². The average Bonchev–Trinajstić information content (AvgIpc) is 2.84. The normalized spacial score (nSPS) is 11.9. The van der Waals surface area contributed by atoms with Crippen LogP contribution < -0.4 is 5.32 Å². The van der Waals surface area contributed by atoms with Gasteiger partial charge in [-0.1, -0.05) is 12.1 Å². The summed E-state index contributed by atoms with van der Waals surface area (Å²) in [6.07, 6.45) is 3.44. The lowest BCUT2D eigenvalue weighted by molar-refractivity contribution is -0.0327. The minimum Gasteiger partial charge on any atom is -0.378 e. The fourth-order valence-corrected chi connectivity index (χ4v) is 2.59. The molecule has 0 radical (unpaired) electrons. The summed E-state index contributed by atoms with van der Waals surface area (Å²) in [5, 5.41) is 3.05. The number of nitrogens with one attached hydrogen (secondary N) is 1. The molecule has 0 aliphatic carbocycles. The van der Waals surface area contributed by atoms with E-state index in [9.17, 15) is 13.2 Å². The molecule has 0 spiro atoms. The molecule has 0 saturated heterocycles. The summed E-state index contributed by atoms with van der Waals surface area (Å²) in [6, 6.07) is 6.66. The van der Waals surface area contributed by atoms with Gasteiger partial charge < -0.3 is 9.88 Å². The van der Waals surface area contributed by atoms with E-state index in [4.69, 9.17) is 0 Å². The summed E-state index contributed by atoms with van der Waals surface area (Å²) in [5.74, 6) is 0. The van der Waals surface area contributed by atoms with E-state index in [1.807, 2.05) is 18.4 Å². The molecular formula is C14H16F3N3S. The smallest absolute Gasteiger partial charge is 0.378 e. The van der Waals surface area contributed by atoms with Crippen LogP contribution in [-0.2, 0) is 6.54 Å². The largest absolute Gasteiger partial charge is 0.446 e. The van der Waals surface area contributed by atoms with Crippen molar-refractivity contribution in [3.8, 4) is 0 Å². The Morgan fingerprint density at radius 2 is 2.00 bits per heavy atom. The summed E-state index contributed by atoms with van der Waals surface area (Å²) in [7, 11) is 0. The minimum atomic E-state index is -4.29. The van der Waals surface area contributed by atoms with Crippen molar-refractivity contribution >= 4 is 17.4 Å². The van der Waals surface area contributed by atoms with Crippen molar-refractivity contribution in [2.45, 2.75) is 36.8 Å². The molecule has 0 saturated carbocycles. The van der Waals surface area contributed by atoms with Gasteiger partial charge in [-0.15, -0.1) is 0 Å². The van der Waals surface area contributed by atoms with E-state index in [1.165, 1.54) is 6.07 Å². The molecule has 21 heavy (non-hydrogen) atoms. The van der Waals surface area contributed by atoms with Crippen LogP contribution in [0.25, 0.3) is 0 Å². The first-order chi connectivity index (χ1) is 9.87. The van der Waals surface area contributed by atoms with E-state index in [2.05, 4.69) is 10.3 Å². The van der Waals surface area contributed by atoms with Gasteiger partial charge in [0.25, 0.3) is 0 Å². The highest BCUT2D eigenvalue weighted by molar-refractivity contribution is 8.00. The van der Waals surface area contributed by atoms with Gasteiger partial charge >= 0.3 is 5.51 Å². The molecule has 1 heterocycles. The molecule has 0 aliphatic rings. The van der Waals surface area contributed by atoms with Crippen LogP contribution in [0, 0.1) is 0 Å². The van der Waals surface area contributed by atoms with Gasteiger partial charge in [0.2, 0.25) is 0 Å². The van der Waals surface area contributed by atoms with E-state index >= 15 is 0 Å². The first-order valence-corrected chi connectivity index (χ1v) is 7.28. The first kappa shape index (κ1) is 15.8. The third kappa shape index (κ3) is 4.42. The predicted molar refractivity (Wildman–Crippen MR) is 78.3 cm³/mol. The Hall–Kier alpha value is -1.63. The summed E-state index contributed by atoms with van der Waals surface area (Å²) < 4.78 is 39.6. The maximum Gasteiger partial charge on any atom is 0.446 e. The molecule has 1 aromatic carbocycles. The number of benzene rings is 1. The SMILES string of the molecule is CC(C)n1cncc1CNc1ccccc1SC(F)(F)F. The van der Waals surface area contributed by atoms with Crippen LogP contribution in [0.5, 0.6) is 0 Å². The van der Waals surface area contributed by atoms with Gasteiger partial charge in [0.05, 0.1) is 18.6 Å². The molecule has 114 valence electrons. The Balaban J connectivity index is 2.11. The average molecular weight is 315 g/mol. The number of rotatable bonds is 5. The van der Waals surface area contributed by atoms with Crippen LogP contribution in [0.3, 0.4) is 0 Å². The highest BCUT2D eigenvalue weighted by Crippen LogP contribution is 2.40. The van der Waals surface area contributed by atoms with Crippen molar-refractivity contribution in [1.29, 1.82) is 0 Å². The van der Waals surface area contributed by atoms with Gasteiger partial charge in [-0.05, 0) is 37.7 Å². The maximum absolute atomic E-state index is 12.5.